The third-order valence-corrected chi connectivity index (χ3v) is 2.33. The summed E-state index contributed by atoms with van der Waals surface area (Å²) < 4.78 is 0. The Morgan fingerprint density at radius 1 is 1.53 bits per heavy atom. The third-order valence-electron chi connectivity index (χ3n) is 2.33. The molecule has 80 valence electrons. The Morgan fingerprint density at radius 2 is 2.40 bits per heavy atom. The number of rotatable bonds is 2. The van der Waals surface area contributed by atoms with Gasteiger partial charge >= 0.3 is 0 Å². The van der Waals surface area contributed by atoms with Crippen LogP contribution in [0.3, 0.4) is 0 Å². The van der Waals surface area contributed by atoms with E-state index in [2.05, 4.69) is 15.2 Å². The van der Waals surface area contributed by atoms with E-state index in [0.717, 1.165) is 12.2 Å². The number of carbonyl (C=O) groups excluding carboxylic acids is 1. The van der Waals surface area contributed by atoms with E-state index in [1.165, 1.54) is 0 Å². The molecule has 1 amide bonds. The summed E-state index contributed by atoms with van der Waals surface area (Å²) in [5, 5.41) is 2.78. The smallest absolute Gasteiger partial charge is 0.234 e. The normalized spacial score (nSPS) is 17.5. The number of nitrogens with one attached hydrogen (secondary N) is 1. The average molecular weight is 206 g/mol. The van der Waals surface area contributed by atoms with E-state index in [1.807, 2.05) is 12.1 Å². The van der Waals surface area contributed by atoms with E-state index in [-0.39, 0.29) is 5.91 Å². The van der Waals surface area contributed by atoms with Gasteiger partial charge in [0, 0.05) is 19.6 Å². The summed E-state index contributed by atoms with van der Waals surface area (Å²) in [5.41, 5.74) is 6.49. The van der Waals surface area contributed by atoms with Crippen LogP contribution in [0.15, 0.2) is 18.2 Å². The number of nitrogens with zero attached hydrogens (tertiary/aromatic N) is 2. The van der Waals surface area contributed by atoms with Gasteiger partial charge in [-0.25, -0.2) is 4.98 Å². The number of piperazine rings is 1. The fraction of sp³-hybridized carbons (Fsp3) is 0.400. The lowest BCUT2D eigenvalue weighted by molar-refractivity contribution is -0.124. The summed E-state index contributed by atoms with van der Waals surface area (Å²) in [6.45, 7) is 2.69. The van der Waals surface area contributed by atoms with Crippen LogP contribution in [0, 0.1) is 0 Å². The van der Waals surface area contributed by atoms with Crippen molar-refractivity contribution in [3.8, 4) is 0 Å². The molecule has 1 aromatic rings. The van der Waals surface area contributed by atoms with Crippen LogP contribution in [-0.2, 0) is 11.3 Å². The lowest BCUT2D eigenvalue weighted by Crippen LogP contribution is -2.47. The lowest BCUT2D eigenvalue weighted by atomic mass is 10.3. The zero-order valence-corrected chi connectivity index (χ0v) is 8.44. The van der Waals surface area contributed by atoms with E-state index in [0.29, 0.717) is 25.5 Å². The fourth-order valence-electron chi connectivity index (χ4n) is 1.64. The molecule has 1 aliphatic rings. The minimum Gasteiger partial charge on any atom is -0.384 e. The second-order valence-electron chi connectivity index (χ2n) is 3.61. The van der Waals surface area contributed by atoms with Crippen LogP contribution in [0.2, 0.25) is 0 Å². The minimum atomic E-state index is 0.0742. The summed E-state index contributed by atoms with van der Waals surface area (Å²) >= 11 is 0. The number of carbonyl (C=O) groups is 1. The Bertz CT molecular complexity index is 366. The number of nitrogens with two attached hydrogens (primary N) is 1. The van der Waals surface area contributed by atoms with Gasteiger partial charge in [-0.3, -0.25) is 9.69 Å². The first kappa shape index (κ1) is 9.92. The third kappa shape index (κ3) is 2.66. The van der Waals surface area contributed by atoms with Crippen LogP contribution in [0.1, 0.15) is 5.69 Å². The highest BCUT2D eigenvalue weighted by atomic mass is 16.2. The van der Waals surface area contributed by atoms with Gasteiger partial charge in [-0.1, -0.05) is 6.07 Å². The van der Waals surface area contributed by atoms with E-state index < -0.39 is 0 Å². The van der Waals surface area contributed by atoms with Gasteiger partial charge in [0.1, 0.15) is 5.82 Å². The highest BCUT2D eigenvalue weighted by molar-refractivity contribution is 5.78. The Balaban J connectivity index is 1.99. The number of nitrogen functional groups attached to an aromatic ring is 1. The molecule has 2 rings (SSSR count). The molecule has 1 aliphatic heterocycles. The second-order valence-corrected chi connectivity index (χ2v) is 3.61. The first-order valence-electron chi connectivity index (χ1n) is 4.94. The van der Waals surface area contributed by atoms with Crippen LogP contribution < -0.4 is 11.1 Å². The predicted molar refractivity (Wildman–Crippen MR) is 56.9 cm³/mol. The second kappa shape index (κ2) is 4.27. The number of pyridine rings is 1. The molecule has 3 N–H and O–H groups in total. The maximum atomic E-state index is 11.1. The molecule has 5 nitrogen and oxygen atoms in total. The van der Waals surface area contributed by atoms with Crippen LogP contribution in [0.5, 0.6) is 0 Å². The molecule has 0 atom stereocenters. The van der Waals surface area contributed by atoms with Crippen LogP contribution in [-0.4, -0.2) is 35.4 Å². The minimum absolute atomic E-state index is 0.0742. The van der Waals surface area contributed by atoms with Crippen molar-refractivity contribution >= 4 is 11.7 Å². The summed E-state index contributed by atoms with van der Waals surface area (Å²) in [4.78, 5) is 17.4. The Kier molecular flexibility index (Phi) is 2.82. The van der Waals surface area contributed by atoms with E-state index in [1.54, 1.807) is 6.07 Å². The van der Waals surface area contributed by atoms with Crippen molar-refractivity contribution in [1.82, 2.24) is 15.2 Å². The van der Waals surface area contributed by atoms with Gasteiger partial charge < -0.3 is 11.1 Å². The summed E-state index contributed by atoms with van der Waals surface area (Å²) in [6, 6.07) is 5.55. The molecule has 2 heterocycles. The molecule has 1 aromatic heterocycles. The van der Waals surface area contributed by atoms with Crippen LogP contribution in [0.25, 0.3) is 0 Å². The van der Waals surface area contributed by atoms with Crippen molar-refractivity contribution in [3.05, 3.63) is 23.9 Å². The average Bonchev–Trinajstić information content (AvgIpc) is 2.17. The number of aromatic nitrogens is 1. The van der Waals surface area contributed by atoms with E-state index in [4.69, 9.17) is 5.73 Å². The first-order valence-corrected chi connectivity index (χ1v) is 4.94. The molecule has 0 saturated carbocycles. The summed E-state index contributed by atoms with van der Waals surface area (Å²) in [6.07, 6.45) is 0. The Morgan fingerprint density at radius 3 is 3.13 bits per heavy atom. The molecule has 15 heavy (non-hydrogen) atoms. The SMILES string of the molecule is Nc1cccc(CN2CCNC(=O)C2)n1. The Hall–Kier alpha value is -1.62. The van der Waals surface area contributed by atoms with Gasteiger partial charge in [-0.2, -0.15) is 0 Å². The number of hydrogen-bond donors (Lipinski definition) is 2. The Labute approximate surface area is 88.3 Å². The van der Waals surface area contributed by atoms with Crippen molar-refractivity contribution in [2.24, 2.45) is 0 Å². The molecule has 0 bridgehead atoms. The molecule has 0 radical (unpaired) electrons. The zero-order valence-electron chi connectivity index (χ0n) is 8.44. The predicted octanol–water partition coefficient (Wildman–Crippen LogP) is -0.404. The van der Waals surface area contributed by atoms with Gasteiger partial charge in [0.15, 0.2) is 0 Å². The molecule has 1 saturated heterocycles. The van der Waals surface area contributed by atoms with Crippen LogP contribution in [0.4, 0.5) is 5.82 Å². The first-order chi connectivity index (χ1) is 7.24. The van der Waals surface area contributed by atoms with Gasteiger partial charge in [0.05, 0.1) is 12.2 Å². The van der Waals surface area contributed by atoms with Crippen molar-refractivity contribution in [2.45, 2.75) is 6.54 Å². The molecular weight excluding hydrogens is 192 g/mol. The monoisotopic (exact) mass is 206 g/mol. The largest absolute Gasteiger partial charge is 0.384 e. The molecule has 0 spiro atoms. The van der Waals surface area contributed by atoms with Crippen LogP contribution >= 0.6 is 0 Å². The highest BCUT2D eigenvalue weighted by Gasteiger charge is 2.16. The number of hydrogen-bond acceptors (Lipinski definition) is 4. The summed E-state index contributed by atoms with van der Waals surface area (Å²) in [5.74, 6) is 0.596. The molecule has 0 aliphatic carbocycles. The summed E-state index contributed by atoms with van der Waals surface area (Å²) in [7, 11) is 0. The van der Waals surface area contributed by atoms with Crippen molar-refractivity contribution in [2.75, 3.05) is 25.4 Å². The molecule has 0 unspecified atom stereocenters. The maximum absolute atomic E-state index is 11.1. The lowest BCUT2D eigenvalue weighted by Gasteiger charge is -2.25. The number of anilines is 1. The molecule has 1 fully saturated rings. The van der Waals surface area contributed by atoms with Gasteiger partial charge in [-0.05, 0) is 12.1 Å². The van der Waals surface area contributed by atoms with Crippen molar-refractivity contribution in [3.63, 3.8) is 0 Å². The van der Waals surface area contributed by atoms with E-state index >= 15 is 0 Å². The standard InChI is InChI=1S/C10H14N4O/c11-9-3-1-2-8(13-9)6-14-5-4-12-10(15)7-14/h1-3H,4-7H2,(H2,11,13)(H,12,15). The topological polar surface area (TPSA) is 71.2 Å². The zero-order chi connectivity index (χ0) is 10.7. The van der Waals surface area contributed by atoms with Crippen molar-refractivity contribution < 1.29 is 4.79 Å². The molecule has 0 aromatic carbocycles. The van der Waals surface area contributed by atoms with Crippen molar-refractivity contribution in [1.29, 1.82) is 0 Å². The number of amides is 1. The maximum Gasteiger partial charge on any atom is 0.234 e. The van der Waals surface area contributed by atoms with E-state index in [9.17, 15) is 4.79 Å². The highest BCUT2D eigenvalue weighted by Crippen LogP contribution is 2.05. The quantitative estimate of drug-likeness (QED) is 0.690. The van der Waals surface area contributed by atoms with Gasteiger partial charge in [-0.15, -0.1) is 0 Å². The molecule has 5 heteroatoms. The molecular formula is C10H14N4O. The van der Waals surface area contributed by atoms with Gasteiger partial charge in [0.25, 0.3) is 0 Å². The fourth-order valence-corrected chi connectivity index (χ4v) is 1.64. The van der Waals surface area contributed by atoms with Gasteiger partial charge in [0.2, 0.25) is 5.91 Å².